The Bertz CT molecular complexity index is 907. The van der Waals surface area contributed by atoms with Crippen LogP contribution in [0.1, 0.15) is 279 Å². The predicted octanol–water partition coefficient (Wildman–Crippen LogP) is 16.3. The highest BCUT2D eigenvalue weighted by molar-refractivity contribution is 5.72. The number of hydrogen-bond donors (Lipinski definition) is 0. The Morgan fingerprint density at radius 2 is 0.726 bits per heavy atom. The van der Waals surface area contributed by atoms with E-state index in [4.69, 9.17) is 14.2 Å². The summed E-state index contributed by atoms with van der Waals surface area (Å²) in [5.41, 5.74) is 0. The van der Waals surface area contributed by atoms with Gasteiger partial charge in [-0.3, -0.25) is 14.4 Å². The molecular formula is C55H107NO6. The van der Waals surface area contributed by atoms with Crippen LogP contribution in [0.3, 0.4) is 0 Å². The molecule has 0 atom stereocenters. The maximum absolute atomic E-state index is 13.2. The molecule has 0 radical (unpaired) electrons. The minimum absolute atomic E-state index is 0.000717. The average molecular weight is 878 g/mol. The van der Waals surface area contributed by atoms with Crippen LogP contribution in [0, 0.1) is 17.8 Å². The summed E-state index contributed by atoms with van der Waals surface area (Å²) in [5, 5.41) is 0. The third-order valence-electron chi connectivity index (χ3n) is 13.4. The van der Waals surface area contributed by atoms with Gasteiger partial charge in [-0.2, -0.15) is 0 Å². The van der Waals surface area contributed by atoms with Crippen LogP contribution in [0.25, 0.3) is 0 Å². The van der Waals surface area contributed by atoms with Gasteiger partial charge in [-0.1, -0.05) is 207 Å². The first-order valence-electron chi connectivity index (χ1n) is 27.4. The van der Waals surface area contributed by atoms with Gasteiger partial charge in [0.2, 0.25) is 0 Å². The topological polar surface area (TPSA) is 82.1 Å². The van der Waals surface area contributed by atoms with Crippen molar-refractivity contribution in [1.29, 1.82) is 0 Å². The lowest BCUT2D eigenvalue weighted by Gasteiger charge is -2.21. The minimum atomic E-state index is -0.0191. The van der Waals surface area contributed by atoms with Crippen molar-refractivity contribution in [3.8, 4) is 0 Å². The highest BCUT2D eigenvalue weighted by atomic mass is 16.5. The van der Waals surface area contributed by atoms with E-state index in [2.05, 4.69) is 53.5 Å². The Balaban J connectivity index is 4.34. The Labute approximate surface area is 386 Å². The van der Waals surface area contributed by atoms with E-state index in [0.29, 0.717) is 50.5 Å². The van der Waals surface area contributed by atoms with Crippen molar-refractivity contribution in [3.63, 3.8) is 0 Å². The Kier molecular flexibility index (Phi) is 44.7. The molecule has 0 N–H and O–H groups in total. The number of nitrogens with zero attached hydrogens (tertiary/aromatic N) is 1. The van der Waals surface area contributed by atoms with Crippen molar-refractivity contribution >= 4 is 17.9 Å². The molecule has 0 aliphatic rings. The molecule has 0 saturated carbocycles. The van der Waals surface area contributed by atoms with Gasteiger partial charge in [0.1, 0.15) is 0 Å². The summed E-state index contributed by atoms with van der Waals surface area (Å²) in [4.78, 5) is 40.3. The van der Waals surface area contributed by atoms with E-state index in [1.807, 2.05) is 0 Å². The van der Waals surface area contributed by atoms with Crippen molar-refractivity contribution in [1.82, 2.24) is 4.90 Å². The zero-order valence-corrected chi connectivity index (χ0v) is 42.7. The number of carbonyl (C=O) groups excluding carboxylic acids is 3. The lowest BCUT2D eigenvalue weighted by molar-refractivity contribution is -0.149. The Morgan fingerprint density at radius 3 is 1.08 bits per heavy atom. The summed E-state index contributed by atoms with van der Waals surface area (Å²) in [6, 6.07) is 0.493. The zero-order chi connectivity index (χ0) is 45.7. The summed E-state index contributed by atoms with van der Waals surface area (Å²) in [6.45, 7) is 16.1. The van der Waals surface area contributed by atoms with Gasteiger partial charge >= 0.3 is 17.9 Å². The lowest BCUT2D eigenvalue weighted by Crippen LogP contribution is -2.28. The monoisotopic (exact) mass is 878 g/mol. The molecule has 0 aromatic heterocycles. The van der Waals surface area contributed by atoms with Gasteiger partial charge in [-0.25, -0.2) is 0 Å². The molecule has 368 valence electrons. The fraction of sp³-hybridized carbons (Fsp3) is 0.945. The third-order valence-corrected chi connectivity index (χ3v) is 13.4. The lowest BCUT2D eigenvalue weighted by atomic mass is 9.92. The van der Waals surface area contributed by atoms with E-state index in [1.54, 1.807) is 0 Å². The predicted molar refractivity (Wildman–Crippen MR) is 265 cm³/mol. The largest absolute Gasteiger partial charge is 0.466 e. The molecule has 0 aliphatic heterocycles. The third kappa shape index (κ3) is 39.9. The number of hydrogen-bond acceptors (Lipinski definition) is 7. The molecule has 0 spiro atoms. The second-order valence-corrected chi connectivity index (χ2v) is 19.6. The molecule has 0 fully saturated rings. The SMILES string of the molecule is CCCCCC(CCCCC)CCOC(=O)CCCCCCCCCC(CCCCCCCCCC(=O)OCCC(CCCCC)CCCCC)C(=O)OCCCN(C)C(C)C. The van der Waals surface area contributed by atoms with Crippen LogP contribution >= 0.6 is 0 Å². The molecule has 7 heteroatoms. The van der Waals surface area contributed by atoms with E-state index in [1.165, 1.54) is 128 Å². The van der Waals surface area contributed by atoms with Crippen molar-refractivity contribution in [2.24, 2.45) is 17.8 Å². The molecule has 0 bridgehead atoms. The molecule has 0 rings (SSSR count). The Morgan fingerprint density at radius 1 is 0.387 bits per heavy atom. The van der Waals surface area contributed by atoms with Crippen LogP contribution in [0.5, 0.6) is 0 Å². The first-order chi connectivity index (χ1) is 30.2. The van der Waals surface area contributed by atoms with Crippen molar-refractivity contribution < 1.29 is 28.6 Å². The van der Waals surface area contributed by atoms with Crippen LogP contribution < -0.4 is 0 Å². The number of carbonyl (C=O) groups is 3. The van der Waals surface area contributed by atoms with Gasteiger partial charge in [0, 0.05) is 25.4 Å². The van der Waals surface area contributed by atoms with Gasteiger partial charge in [-0.15, -0.1) is 0 Å². The summed E-state index contributed by atoms with van der Waals surface area (Å²) in [5.74, 6) is 1.37. The number of ether oxygens (including phenoxy) is 3. The molecule has 0 heterocycles. The van der Waals surface area contributed by atoms with Gasteiger partial charge in [0.15, 0.2) is 0 Å². The molecule has 62 heavy (non-hydrogen) atoms. The van der Waals surface area contributed by atoms with Crippen molar-refractivity contribution in [2.45, 2.75) is 285 Å². The summed E-state index contributed by atoms with van der Waals surface area (Å²) < 4.78 is 17.1. The molecule has 0 amide bonds. The van der Waals surface area contributed by atoms with E-state index in [0.717, 1.165) is 103 Å². The molecule has 7 nitrogen and oxygen atoms in total. The molecular weight excluding hydrogens is 771 g/mol. The molecule has 0 unspecified atom stereocenters. The highest BCUT2D eigenvalue weighted by Crippen LogP contribution is 2.24. The van der Waals surface area contributed by atoms with Gasteiger partial charge in [-0.05, 0) is 77.7 Å². The second-order valence-electron chi connectivity index (χ2n) is 19.6. The van der Waals surface area contributed by atoms with E-state index in [9.17, 15) is 14.4 Å². The van der Waals surface area contributed by atoms with Crippen LogP contribution in [0.4, 0.5) is 0 Å². The normalized spacial score (nSPS) is 11.8. The standard InChI is InChI=1S/C55H107NO6/c1-8-12-26-35-50(36-27-13-9-2)43-47-60-53(57)41-32-24-20-16-18-22-30-39-52(55(59)62-46-34-45-56(7)49(5)6)40-31-23-19-17-21-25-33-42-54(58)61-48-44-51(37-28-14-10-3)38-29-15-11-4/h49-52H,8-48H2,1-7H3. The van der Waals surface area contributed by atoms with E-state index >= 15 is 0 Å². The first-order valence-corrected chi connectivity index (χ1v) is 27.4. The highest BCUT2D eigenvalue weighted by Gasteiger charge is 2.20. The molecule has 0 aromatic carbocycles. The number of rotatable bonds is 48. The maximum atomic E-state index is 13.2. The summed E-state index contributed by atoms with van der Waals surface area (Å²) in [6.07, 6.45) is 41.9. The first kappa shape index (κ1) is 60.4. The fourth-order valence-corrected chi connectivity index (χ4v) is 8.75. The van der Waals surface area contributed by atoms with E-state index in [-0.39, 0.29) is 23.8 Å². The van der Waals surface area contributed by atoms with Crippen LogP contribution in [-0.4, -0.2) is 62.3 Å². The zero-order valence-electron chi connectivity index (χ0n) is 42.7. The number of esters is 3. The molecule has 0 aromatic rings. The van der Waals surface area contributed by atoms with Crippen LogP contribution in [-0.2, 0) is 28.6 Å². The van der Waals surface area contributed by atoms with Crippen LogP contribution in [0.2, 0.25) is 0 Å². The summed E-state index contributed by atoms with van der Waals surface area (Å²) >= 11 is 0. The fourth-order valence-electron chi connectivity index (χ4n) is 8.75. The van der Waals surface area contributed by atoms with Crippen LogP contribution in [0.15, 0.2) is 0 Å². The van der Waals surface area contributed by atoms with E-state index < -0.39 is 0 Å². The maximum Gasteiger partial charge on any atom is 0.308 e. The minimum Gasteiger partial charge on any atom is -0.466 e. The quantitative estimate of drug-likeness (QED) is 0.0342. The molecule has 0 aliphatic carbocycles. The van der Waals surface area contributed by atoms with Gasteiger partial charge in [0.25, 0.3) is 0 Å². The average Bonchev–Trinajstić information content (AvgIpc) is 3.25. The van der Waals surface area contributed by atoms with Gasteiger partial charge in [0.05, 0.1) is 25.7 Å². The van der Waals surface area contributed by atoms with Crippen molar-refractivity contribution in [2.75, 3.05) is 33.4 Å². The number of unbranched alkanes of at least 4 members (excludes halogenated alkanes) is 20. The second kappa shape index (κ2) is 45.9. The van der Waals surface area contributed by atoms with Gasteiger partial charge < -0.3 is 19.1 Å². The Hall–Kier alpha value is -1.63. The molecule has 0 saturated heterocycles. The smallest absolute Gasteiger partial charge is 0.308 e. The summed E-state index contributed by atoms with van der Waals surface area (Å²) in [7, 11) is 2.13. The van der Waals surface area contributed by atoms with Crippen molar-refractivity contribution in [3.05, 3.63) is 0 Å².